The number of carbonyl (C=O) groups excluding carboxylic acids is 2. The van der Waals surface area contributed by atoms with Crippen molar-refractivity contribution >= 4 is 11.9 Å². The quantitative estimate of drug-likeness (QED) is 0.450. The van der Waals surface area contributed by atoms with Gasteiger partial charge in [0, 0.05) is 6.92 Å². The molecule has 0 spiro atoms. The number of methoxy groups -OCH3 is 1. The van der Waals surface area contributed by atoms with Crippen LogP contribution in [0.3, 0.4) is 0 Å². The summed E-state index contributed by atoms with van der Waals surface area (Å²) >= 11 is 0. The molecular weight excluding hydrogens is 248 g/mol. The summed E-state index contributed by atoms with van der Waals surface area (Å²) in [5, 5.41) is 0. The Hall–Kier alpha value is -2.04. The van der Waals surface area contributed by atoms with Gasteiger partial charge >= 0.3 is 11.9 Å². The first-order chi connectivity index (χ1) is 9.08. The molecule has 5 heteroatoms. The third kappa shape index (κ3) is 4.62. The summed E-state index contributed by atoms with van der Waals surface area (Å²) < 4.78 is 15.2. The molecule has 1 rings (SSSR count). The SMILES string of the molecule is CCCCOc1ccc(C(=O)OC)cc1OC(C)=O. The van der Waals surface area contributed by atoms with Gasteiger partial charge < -0.3 is 14.2 Å². The lowest BCUT2D eigenvalue weighted by Crippen LogP contribution is -2.07. The number of unbranched alkanes of at least 4 members (excludes halogenated alkanes) is 1. The molecule has 0 saturated heterocycles. The summed E-state index contributed by atoms with van der Waals surface area (Å²) in [5.41, 5.74) is 0.307. The van der Waals surface area contributed by atoms with Gasteiger partial charge in [-0.05, 0) is 24.6 Å². The molecule has 0 unspecified atom stereocenters. The summed E-state index contributed by atoms with van der Waals surface area (Å²) in [7, 11) is 1.29. The molecule has 0 N–H and O–H groups in total. The Morgan fingerprint density at radius 3 is 2.53 bits per heavy atom. The van der Waals surface area contributed by atoms with Crippen LogP contribution in [0.5, 0.6) is 11.5 Å². The maximum atomic E-state index is 11.4. The third-order valence-electron chi connectivity index (χ3n) is 2.37. The first kappa shape index (κ1) is 15.0. The minimum absolute atomic E-state index is 0.228. The van der Waals surface area contributed by atoms with Crippen LogP contribution in [0.15, 0.2) is 18.2 Å². The number of esters is 2. The number of rotatable bonds is 6. The van der Waals surface area contributed by atoms with Gasteiger partial charge in [0.2, 0.25) is 0 Å². The summed E-state index contributed by atoms with van der Waals surface area (Å²) in [4.78, 5) is 22.5. The van der Waals surface area contributed by atoms with Crippen LogP contribution in [0.2, 0.25) is 0 Å². The van der Waals surface area contributed by atoms with Gasteiger partial charge in [-0.3, -0.25) is 4.79 Å². The van der Waals surface area contributed by atoms with Crippen molar-refractivity contribution in [2.24, 2.45) is 0 Å². The highest BCUT2D eigenvalue weighted by Crippen LogP contribution is 2.29. The number of benzene rings is 1. The Balaban J connectivity index is 2.95. The second kappa shape index (κ2) is 7.41. The highest BCUT2D eigenvalue weighted by molar-refractivity contribution is 5.90. The van der Waals surface area contributed by atoms with Crippen LogP contribution in [-0.4, -0.2) is 25.7 Å². The predicted octanol–water partition coefficient (Wildman–Crippen LogP) is 2.58. The van der Waals surface area contributed by atoms with E-state index in [1.165, 1.54) is 20.1 Å². The first-order valence-corrected chi connectivity index (χ1v) is 6.12. The standard InChI is InChI=1S/C14H18O5/c1-4-5-8-18-12-7-6-11(14(16)17-3)9-13(12)19-10(2)15/h6-7,9H,4-5,8H2,1-3H3. The van der Waals surface area contributed by atoms with E-state index in [0.29, 0.717) is 17.9 Å². The Bertz CT molecular complexity index is 453. The minimum Gasteiger partial charge on any atom is -0.490 e. The smallest absolute Gasteiger partial charge is 0.337 e. The molecule has 0 atom stereocenters. The molecule has 5 nitrogen and oxygen atoms in total. The molecule has 0 aliphatic rings. The zero-order chi connectivity index (χ0) is 14.3. The number of carbonyl (C=O) groups is 2. The molecule has 0 aliphatic heterocycles. The van der Waals surface area contributed by atoms with Crippen molar-refractivity contribution in [1.82, 2.24) is 0 Å². The summed E-state index contributed by atoms with van der Waals surface area (Å²) in [6.45, 7) is 3.87. The molecule has 0 fully saturated rings. The number of hydrogen-bond donors (Lipinski definition) is 0. The fourth-order valence-electron chi connectivity index (χ4n) is 1.43. The van der Waals surface area contributed by atoms with Crippen molar-refractivity contribution in [2.45, 2.75) is 26.7 Å². The molecule has 0 aliphatic carbocycles. The van der Waals surface area contributed by atoms with Crippen LogP contribution in [-0.2, 0) is 9.53 Å². The van der Waals surface area contributed by atoms with E-state index < -0.39 is 11.9 Å². The predicted molar refractivity (Wildman–Crippen MR) is 69.5 cm³/mol. The highest BCUT2D eigenvalue weighted by atomic mass is 16.6. The van der Waals surface area contributed by atoms with Crippen LogP contribution in [0.1, 0.15) is 37.0 Å². The molecule has 0 aromatic heterocycles. The maximum absolute atomic E-state index is 11.4. The van der Waals surface area contributed by atoms with E-state index in [4.69, 9.17) is 9.47 Å². The Morgan fingerprint density at radius 2 is 1.95 bits per heavy atom. The van der Waals surface area contributed by atoms with E-state index >= 15 is 0 Å². The van der Waals surface area contributed by atoms with Crippen molar-refractivity contribution in [3.05, 3.63) is 23.8 Å². The normalized spacial score (nSPS) is 9.84. The Labute approximate surface area is 112 Å². The summed E-state index contributed by atoms with van der Waals surface area (Å²) in [6, 6.07) is 4.61. The van der Waals surface area contributed by atoms with Crippen molar-refractivity contribution in [2.75, 3.05) is 13.7 Å². The Kier molecular flexibility index (Phi) is 5.85. The van der Waals surface area contributed by atoms with Gasteiger partial charge in [0.1, 0.15) is 0 Å². The monoisotopic (exact) mass is 266 g/mol. The molecule has 104 valence electrons. The summed E-state index contributed by atoms with van der Waals surface area (Å²) in [6.07, 6.45) is 1.90. The minimum atomic E-state index is -0.492. The second-order valence-corrected chi connectivity index (χ2v) is 3.95. The average molecular weight is 266 g/mol. The molecule has 1 aromatic carbocycles. The van der Waals surface area contributed by atoms with Crippen LogP contribution in [0.4, 0.5) is 0 Å². The van der Waals surface area contributed by atoms with E-state index in [2.05, 4.69) is 11.7 Å². The average Bonchev–Trinajstić information content (AvgIpc) is 2.39. The van der Waals surface area contributed by atoms with E-state index in [1.54, 1.807) is 12.1 Å². The number of hydrogen-bond acceptors (Lipinski definition) is 5. The largest absolute Gasteiger partial charge is 0.490 e. The van der Waals surface area contributed by atoms with Gasteiger partial charge in [0.15, 0.2) is 11.5 Å². The maximum Gasteiger partial charge on any atom is 0.337 e. The van der Waals surface area contributed by atoms with Crippen molar-refractivity contribution in [3.63, 3.8) is 0 Å². The second-order valence-electron chi connectivity index (χ2n) is 3.95. The molecule has 0 heterocycles. The van der Waals surface area contributed by atoms with E-state index in [0.717, 1.165) is 12.8 Å². The first-order valence-electron chi connectivity index (χ1n) is 6.12. The van der Waals surface area contributed by atoms with Crippen molar-refractivity contribution in [1.29, 1.82) is 0 Å². The van der Waals surface area contributed by atoms with Gasteiger partial charge in [-0.15, -0.1) is 0 Å². The Morgan fingerprint density at radius 1 is 1.21 bits per heavy atom. The van der Waals surface area contributed by atoms with E-state index in [1.807, 2.05) is 0 Å². The van der Waals surface area contributed by atoms with Crippen LogP contribution in [0.25, 0.3) is 0 Å². The lowest BCUT2D eigenvalue weighted by atomic mass is 10.2. The lowest BCUT2D eigenvalue weighted by Gasteiger charge is -2.11. The van der Waals surface area contributed by atoms with Gasteiger partial charge in [0.05, 0.1) is 19.3 Å². The van der Waals surface area contributed by atoms with Crippen molar-refractivity contribution < 1.29 is 23.8 Å². The summed E-state index contributed by atoms with van der Waals surface area (Å²) in [5.74, 6) is -0.293. The molecule has 0 bridgehead atoms. The molecule has 0 amide bonds. The van der Waals surface area contributed by atoms with E-state index in [9.17, 15) is 9.59 Å². The fraction of sp³-hybridized carbons (Fsp3) is 0.429. The zero-order valence-electron chi connectivity index (χ0n) is 11.4. The lowest BCUT2D eigenvalue weighted by molar-refractivity contribution is -0.132. The zero-order valence-corrected chi connectivity index (χ0v) is 11.4. The van der Waals surface area contributed by atoms with E-state index in [-0.39, 0.29) is 5.75 Å². The molecular formula is C14H18O5. The van der Waals surface area contributed by atoms with Crippen LogP contribution in [0, 0.1) is 0 Å². The van der Waals surface area contributed by atoms with Gasteiger partial charge in [0.25, 0.3) is 0 Å². The van der Waals surface area contributed by atoms with Crippen LogP contribution >= 0.6 is 0 Å². The molecule has 0 radical (unpaired) electrons. The van der Waals surface area contributed by atoms with Gasteiger partial charge in [-0.25, -0.2) is 4.79 Å². The molecule has 19 heavy (non-hydrogen) atoms. The third-order valence-corrected chi connectivity index (χ3v) is 2.37. The highest BCUT2D eigenvalue weighted by Gasteiger charge is 2.13. The topological polar surface area (TPSA) is 61.8 Å². The van der Waals surface area contributed by atoms with Crippen LogP contribution < -0.4 is 9.47 Å². The van der Waals surface area contributed by atoms with Gasteiger partial charge in [-0.1, -0.05) is 13.3 Å². The molecule has 0 saturated carbocycles. The van der Waals surface area contributed by atoms with Crippen molar-refractivity contribution in [3.8, 4) is 11.5 Å². The fourth-order valence-corrected chi connectivity index (χ4v) is 1.43. The van der Waals surface area contributed by atoms with Gasteiger partial charge in [-0.2, -0.15) is 0 Å². The number of ether oxygens (including phenoxy) is 3. The molecule has 1 aromatic rings.